The second-order valence-electron chi connectivity index (χ2n) is 6.78. The third-order valence-electron chi connectivity index (χ3n) is 4.85. The predicted molar refractivity (Wildman–Crippen MR) is 111 cm³/mol. The van der Waals surface area contributed by atoms with E-state index in [1.54, 1.807) is 18.2 Å². The molecule has 0 saturated heterocycles. The van der Waals surface area contributed by atoms with E-state index in [0.29, 0.717) is 28.5 Å². The van der Waals surface area contributed by atoms with Crippen molar-refractivity contribution >= 4 is 22.2 Å². The summed E-state index contributed by atoms with van der Waals surface area (Å²) >= 11 is 1.54. The maximum atomic E-state index is 12.8. The van der Waals surface area contributed by atoms with Crippen molar-refractivity contribution in [3.05, 3.63) is 81.7 Å². The molecule has 1 aromatic heterocycles. The molecule has 4 nitrogen and oxygen atoms in total. The monoisotopic (exact) mass is 388 g/mol. The number of nitriles is 1. The van der Waals surface area contributed by atoms with Crippen LogP contribution in [0.4, 0.5) is 5.00 Å². The maximum absolute atomic E-state index is 12.8. The van der Waals surface area contributed by atoms with Gasteiger partial charge in [-0.25, -0.2) is 0 Å². The molecule has 0 radical (unpaired) electrons. The van der Waals surface area contributed by atoms with Crippen molar-refractivity contribution < 1.29 is 9.53 Å². The number of amides is 1. The number of rotatable bonds is 5. The second kappa shape index (κ2) is 8.28. The lowest BCUT2D eigenvalue weighted by atomic mass is 9.96. The lowest BCUT2D eigenvalue weighted by Gasteiger charge is -2.09. The molecule has 0 aliphatic heterocycles. The van der Waals surface area contributed by atoms with Crippen LogP contribution in [0.3, 0.4) is 0 Å². The van der Waals surface area contributed by atoms with Gasteiger partial charge >= 0.3 is 0 Å². The zero-order valence-corrected chi connectivity index (χ0v) is 16.2. The quantitative estimate of drug-likeness (QED) is 0.642. The van der Waals surface area contributed by atoms with Crippen LogP contribution in [0.25, 0.3) is 0 Å². The number of nitrogens with one attached hydrogen (secondary N) is 1. The highest BCUT2D eigenvalue weighted by Crippen LogP contribution is 2.37. The molecule has 1 amide bonds. The Kier molecular flexibility index (Phi) is 5.41. The normalized spacial score (nSPS) is 12.7. The van der Waals surface area contributed by atoms with E-state index in [-0.39, 0.29) is 5.91 Å². The Hall–Kier alpha value is -3.10. The maximum Gasteiger partial charge on any atom is 0.256 e. The van der Waals surface area contributed by atoms with Crippen molar-refractivity contribution in [3.63, 3.8) is 0 Å². The van der Waals surface area contributed by atoms with E-state index in [4.69, 9.17) is 4.74 Å². The molecule has 0 spiro atoms. The Labute approximate surface area is 168 Å². The Morgan fingerprint density at radius 1 is 1.11 bits per heavy atom. The number of carbonyl (C=O) groups excluding carboxylic acids is 1. The molecule has 4 rings (SSSR count). The lowest BCUT2D eigenvalue weighted by Crippen LogP contribution is -2.12. The topological polar surface area (TPSA) is 62.1 Å². The van der Waals surface area contributed by atoms with E-state index < -0.39 is 0 Å². The molecule has 3 aromatic rings. The third kappa shape index (κ3) is 3.92. The largest absolute Gasteiger partial charge is 0.489 e. The molecular formula is C23H20N2O2S. The van der Waals surface area contributed by atoms with Crippen molar-refractivity contribution in [3.8, 4) is 11.8 Å². The van der Waals surface area contributed by atoms with Gasteiger partial charge in [-0.2, -0.15) is 5.26 Å². The molecule has 0 atom stereocenters. The molecule has 5 heteroatoms. The average Bonchev–Trinajstić information content (AvgIpc) is 3.10. The van der Waals surface area contributed by atoms with E-state index in [1.165, 1.54) is 16.2 Å². The first-order valence-corrected chi connectivity index (χ1v) is 10.2. The highest BCUT2D eigenvalue weighted by Gasteiger charge is 2.22. The number of anilines is 1. The number of ether oxygens (including phenoxy) is 1. The first-order chi connectivity index (χ1) is 13.7. The number of thiophene rings is 1. The van der Waals surface area contributed by atoms with E-state index in [2.05, 4.69) is 11.4 Å². The summed E-state index contributed by atoms with van der Waals surface area (Å²) < 4.78 is 5.81. The zero-order chi connectivity index (χ0) is 19.3. The van der Waals surface area contributed by atoms with Gasteiger partial charge in [0.25, 0.3) is 5.91 Å². The fraction of sp³-hybridized carbons (Fsp3) is 0.217. The zero-order valence-electron chi connectivity index (χ0n) is 15.4. The summed E-state index contributed by atoms with van der Waals surface area (Å²) in [4.78, 5) is 14.0. The number of nitrogens with zero attached hydrogens (tertiary/aromatic N) is 1. The summed E-state index contributed by atoms with van der Waals surface area (Å²) in [5.74, 6) is 0.419. The van der Waals surface area contributed by atoms with Crippen LogP contribution in [-0.2, 0) is 19.4 Å². The van der Waals surface area contributed by atoms with E-state index in [0.717, 1.165) is 36.8 Å². The van der Waals surface area contributed by atoms with Gasteiger partial charge in [0.2, 0.25) is 0 Å². The van der Waals surface area contributed by atoms with Gasteiger partial charge in [0, 0.05) is 10.4 Å². The average molecular weight is 388 g/mol. The van der Waals surface area contributed by atoms with Gasteiger partial charge < -0.3 is 10.1 Å². The summed E-state index contributed by atoms with van der Waals surface area (Å²) in [6.07, 6.45) is 4.17. The molecule has 0 saturated carbocycles. The first kappa shape index (κ1) is 18.3. The lowest BCUT2D eigenvalue weighted by molar-refractivity contribution is 0.102. The summed E-state index contributed by atoms with van der Waals surface area (Å²) in [7, 11) is 0. The van der Waals surface area contributed by atoms with Gasteiger partial charge in [0.05, 0.1) is 5.56 Å². The van der Waals surface area contributed by atoms with E-state index in [1.807, 2.05) is 36.4 Å². The standard InChI is InChI=1S/C23H20N2O2S/c24-14-20-19-11-4-5-12-21(19)28-23(20)25-22(26)17-9-6-10-18(13-17)27-15-16-7-2-1-3-8-16/h1-3,6-10,13H,4-5,11-12,15H2,(H,25,26). The molecule has 0 fully saturated rings. The Bertz CT molecular complexity index is 1030. The van der Waals surface area contributed by atoms with Crippen molar-refractivity contribution in [1.29, 1.82) is 5.26 Å². The molecule has 2 aromatic carbocycles. The minimum Gasteiger partial charge on any atom is -0.489 e. The molecule has 140 valence electrons. The van der Waals surface area contributed by atoms with Crippen LogP contribution >= 0.6 is 11.3 Å². The van der Waals surface area contributed by atoms with E-state index >= 15 is 0 Å². The highest BCUT2D eigenvalue weighted by atomic mass is 32.1. The van der Waals surface area contributed by atoms with Crippen LogP contribution in [0.2, 0.25) is 0 Å². The summed E-state index contributed by atoms with van der Waals surface area (Å²) in [6.45, 7) is 0.447. The number of aryl methyl sites for hydroxylation is 1. The number of hydrogen-bond donors (Lipinski definition) is 1. The van der Waals surface area contributed by atoms with Crippen LogP contribution < -0.4 is 10.1 Å². The predicted octanol–water partition coefficient (Wildman–Crippen LogP) is 5.33. The SMILES string of the molecule is N#Cc1c(NC(=O)c2cccc(OCc3ccccc3)c2)sc2c1CCCC2. The third-order valence-corrected chi connectivity index (χ3v) is 6.06. The fourth-order valence-electron chi connectivity index (χ4n) is 3.42. The number of carbonyl (C=O) groups is 1. The molecule has 1 aliphatic carbocycles. The van der Waals surface area contributed by atoms with Crippen LogP contribution in [0, 0.1) is 11.3 Å². The van der Waals surface area contributed by atoms with Crippen LogP contribution in [0.15, 0.2) is 54.6 Å². The summed E-state index contributed by atoms with van der Waals surface area (Å²) in [6, 6.07) is 19.3. The molecular weight excluding hydrogens is 368 g/mol. The summed E-state index contributed by atoms with van der Waals surface area (Å²) in [5, 5.41) is 13.2. The van der Waals surface area contributed by atoms with Crippen molar-refractivity contribution in [2.24, 2.45) is 0 Å². The highest BCUT2D eigenvalue weighted by molar-refractivity contribution is 7.16. The number of hydrogen-bond acceptors (Lipinski definition) is 4. The van der Waals surface area contributed by atoms with Crippen molar-refractivity contribution in [2.45, 2.75) is 32.3 Å². The molecule has 1 N–H and O–H groups in total. The van der Waals surface area contributed by atoms with Crippen LogP contribution in [0.1, 0.15) is 44.8 Å². The molecule has 1 aliphatic rings. The molecule has 28 heavy (non-hydrogen) atoms. The van der Waals surface area contributed by atoms with Crippen molar-refractivity contribution in [1.82, 2.24) is 0 Å². The van der Waals surface area contributed by atoms with Gasteiger partial charge in [-0.15, -0.1) is 11.3 Å². The second-order valence-corrected chi connectivity index (χ2v) is 7.89. The Morgan fingerprint density at radius 2 is 1.93 bits per heavy atom. The van der Waals surface area contributed by atoms with Gasteiger partial charge in [0.1, 0.15) is 23.4 Å². The molecule has 0 bridgehead atoms. The summed E-state index contributed by atoms with van der Waals surface area (Å²) in [5.41, 5.74) is 3.33. The Morgan fingerprint density at radius 3 is 2.75 bits per heavy atom. The van der Waals surface area contributed by atoms with Gasteiger partial charge in [-0.3, -0.25) is 4.79 Å². The van der Waals surface area contributed by atoms with E-state index in [9.17, 15) is 10.1 Å². The van der Waals surface area contributed by atoms with Crippen LogP contribution in [-0.4, -0.2) is 5.91 Å². The minimum atomic E-state index is -0.222. The minimum absolute atomic E-state index is 0.222. The molecule has 0 unspecified atom stereocenters. The van der Waals surface area contributed by atoms with Gasteiger partial charge in [-0.05, 0) is 55.0 Å². The fourth-order valence-corrected chi connectivity index (χ4v) is 4.65. The Balaban J connectivity index is 1.48. The van der Waals surface area contributed by atoms with Gasteiger partial charge in [0.15, 0.2) is 0 Å². The first-order valence-electron chi connectivity index (χ1n) is 9.37. The van der Waals surface area contributed by atoms with Crippen LogP contribution in [0.5, 0.6) is 5.75 Å². The van der Waals surface area contributed by atoms with Gasteiger partial charge in [-0.1, -0.05) is 36.4 Å². The molecule has 1 heterocycles. The smallest absolute Gasteiger partial charge is 0.256 e. The number of fused-ring (bicyclic) bond motifs is 1. The van der Waals surface area contributed by atoms with Crippen molar-refractivity contribution in [2.75, 3.05) is 5.32 Å². The number of benzene rings is 2.